The van der Waals surface area contributed by atoms with Crippen molar-refractivity contribution in [2.24, 2.45) is 0 Å². The summed E-state index contributed by atoms with van der Waals surface area (Å²) in [4.78, 5) is 28.8. The monoisotopic (exact) mass is 367 g/mol. The Labute approximate surface area is 161 Å². The maximum atomic E-state index is 13.0. The standard InChI is InChI=1S/C21H29N5O/c1-2-8-24-11-13-26(14-12-24)21(27)17-6-7-19-18(15-17)20(23-16-22-19)25-9-4-3-5-10-25/h6-7,15-16H,2-5,8-14H2,1H3. The molecule has 1 aromatic carbocycles. The topological polar surface area (TPSA) is 52.6 Å². The zero-order chi connectivity index (χ0) is 18.6. The molecule has 0 radical (unpaired) electrons. The lowest BCUT2D eigenvalue weighted by Crippen LogP contribution is -2.48. The molecule has 0 saturated carbocycles. The van der Waals surface area contributed by atoms with Gasteiger partial charge in [-0.15, -0.1) is 0 Å². The Morgan fingerprint density at radius 2 is 1.78 bits per heavy atom. The van der Waals surface area contributed by atoms with Crippen molar-refractivity contribution in [1.82, 2.24) is 19.8 Å². The fraction of sp³-hybridized carbons (Fsp3) is 0.571. The van der Waals surface area contributed by atoms with E-state index in [-0.39, 0.29) is 5.91 Å². The summed E-state index contributed by atoms with van der Waals surface area (Å²) in [6.07, 6.45) is 6.49. The molecule has 0 N–H and O–H groups in total. The first-order valence-corrected chi connectivity index (χ1v) is 10.3. The van der Waals surface area contributed by atoms with E-state index < -0.39 is 0 Å². The van der Waals surface area contributed by atoms with Gasteiger partial charge in [0.25, 0.3) is 5.91 Å². The van der Waals surface area contributed by atoms with Crippen molar-refractivity contribution in [3.05, 3.63) is 30.1 Å². The van der Waals surface area contributed by atoms with Crippen LogP contribution >= 0.6 is 0 Å². The number of anilines is 1. The molecular weight excluding hydrogens is 338 g/mol. The van der Waals surface area contributed by atoms with Crippen molar-refractivity contribution in [1.29, 1.82) is 0 Å². The number of fused-ring (bicyclic) bond motifs is 1. The predicted molar refractivity (Wildman–Crippen MR) is 108 cm³/mol. The summed E-state index contributed by atoms with van der Waals surface area (Å²) in [6.45, 7) is 8.93. The molecule has 0 atom stereocenters. The minimum Gasteiger partial charge on any atom is -0.356 e. The second-order valence-electron chi connectivity index (χ2n) is 7.61. The van der Waals surface area contributed by atoms with Gasteiger partial charge in [-0.25, -0.2) is 9.97 Å². The van der Waals surface area contributed by atoms with Crippen molar-refractivity contribution in [2.45, 2.75) is 32.6 Å². The maximum Gasteiger partial charge on any atom is 0.253 e. The summed E-state index contributed by atoms with van der Waals surface area (Å²) in [7, 11) is 0. The first-order chi connectivity index (χ1) is 13.3. The second kappa shape index (κ2) is 8.21. The van der Waals surface area contributed by atoms with Crippen molar-refractivity contribution >= 4 is 22.6 Å². The SMILES string of the molecule is CCCN1CCN(C(=O)c2ccc3ncnc(N4CCCCC4)c3c2)CC1. The van der Waals surface area contributed by atoms with Crippen LogP contribution in [0.2, 0.25) is 0 Å². The van der Waals surface area contributed by atoms with Gasteiger partial charge in [-0.3, -0.25) is 9.69 Å². The van der Waals surface area contributed by atoms with Gasteiger partial charge >= 0.3 is 0 Å². The quantitative estimate of drug-likeness (QED) is 0.832. The van der Waals surface area contributed by atoms with Gasteiger partial charge in [0, 0.05) is 50.2 Å². The Morgan fingerprint density at radius 1 is 1.00 bits per heavy atom. The number of amides is 1. The highest BCUT2D eigenvalue weighted by atomic mass is 16.2. The van der Waals surface area contributed by atoms with Crippen LogP contribution in [0.25, 0.3) is 10.9 Å². The Kier molecular flexibility index (Phi) is 5.53. The lowest BCUT2D eigenvalue weighted by Gasteiger charge is -2.34. The number of hydrogen-bond donors (Lipinski definition) is 0. The van der Waals surface area contributed by atoms with Crippen LogP contribution in [0.1, 0.15) is 43.0 Å². The molecule has 1 amide bonds. The number of carbonyl (C=O) groups excluding carboxylic acids is 1. The van der Waals surface area contributed by atoms with Crippen LogP contribution in [-0.4, -0.2) is 71.5 Å². The number of piperazine rings is 1. The van der Waals surface area contributed by atoms with E-state index in [9.17, 15) is 4.79 Å². The fourth-order valence-corrected chi connectivity index (χ4v) is 4.21. The molecule has 144 valence electrons. The summed E-state index contributed by atoms with van der Waals surface area (Å²) in [5.41, 5.74) is 1.66. The number of nitrogens with zero attached hydrogens (tertiary/aromatic N) is 5. The van der Waals surface area contributed by atoms with Gasteiger partial charge in [-0.2, -0.15) is 0 Å². The molecule has 0 bridgehead atoms. The van der Waals surface area contributed by atoms with Crippen LogP contribution in [0, 0.1) is 0 Å². The summed E-state index contributed by atoms with van der Waals surface area (Å²) in [6, 6.07) is 5.88. The highest BCUT2D eigenvalue weighted by Gasteiger charge is 2.23. The Hall–Kier alpha value is -2.21. The Balaban J connectivity index is 1.56. The molecule has 0 unspecified atom stereocenters. The van der Waals surface area contributed by atoms with Crippen molar-refractivity contribution in [3.8, 4) is 0 Å². The molecule has 0 spiro atoms. The number of piperidine rings is 1. The van der Waals surface area contributed by atoms with Crippen LogP contribution in [0.4, 0.5) is 5.82 Å². The van der Waals surface area contributed by atoms with E-state index in [1.165, 1.54) is 19.3 Å². The van der Waals surface area contributed by atoms with Gasteiger partial charge in [0.2, 0.25) is 0 Å². The van der Waals surface area contributed by atoms with Crippen LogP contribution in [0.3, 0.4) is 0 Å². The molecular formula is C21H29N5O. The van der Waals surface area contributed by atoms with E-state index in [1.54, 1.807) is 6.33 Å². The van der Waals surface area contributed by atoms with Gasteiger partial charge in [0.15, 0.2) is 0 Å². The van der Waals surface area contributed by atoms with E-state index in [0.717, 1.165) is 74.5 Å². The van der Waals surface area contributed by atoms with Gasteiger partial charge in [0.05, 0.1) is 5.52 Å². The van der Waals surface area contributed by atoms with Gasteiger partial charge in [-0.1, -0.05) is 6.92 Å². The molecule has 4 rings (SSSR count). The molecule has 2 aromatic rings. The van der Waals surface area contributed by atoms with Crippen LogP contribution in [0.5, 0.6) is 0 Å². The third-order valence-corrected chi connectivity index (χ3v) is 5.72. The fourth-order valence-electron chi connectivity index (χ4n) is 4.21. The van der Waals surface area contributed by atoms with E-state index >= 15 is 0 Å². The molecule has 2 saturated heterocycles. The van der Waals surface area contributed by atoms with Gasteiger partial charge in [-0.05, 0) is 50.4 Å². The number of rotatable bonds is 4. The summed E-state index contributed by atoms with van der Waals surface area (Å²) in [5, 5.41) is 0.995. The van der Waals surface area contributed by atoms with E-state index in [4.69, 9.17) is 0 Å². The molecule has 3 heterocycles. The van der Waals surface area contributed by atoms with E-state index in [2.05, 4.69) is 26.7 Å². The zero-order valence-corrected chi connectivity index (χ0v) is 16.2. The van der Waals surface area contributed by atoms with Gasteiger partial charge in [0.1, 0.15) is 12.1 Å². The minimum absolute atomic E-state index is 0.126. The molecule has 1 aromatic heterocycles. The van der Waals surface area contributed by atoms with Crippen LogP contribution in [-0.2, 0) is 0 Å². The molecule has 0 aliphatic carbocycles. The Bertz CT molecular complexity index is 794. The average molecular weight is 367 g/mol. The largest absolute Gasteiger partial charge is 0.356 e. The third kappa shape index (κ3) is 3.90. The summed E-state index contributed by atoms with van der Waals surface area (Å²) in [5.74, 6) is 1.10. The first kappa shape index (κ1) is 18.2. The van der Waals surface area contributed by atoms with Crippen molar-refractivity contribution in [2.75, 3.05) is 50.7 Å². The summed E-state index contributed by atoms with van der Waals surface area (Å²) >= 11 is 0. The lowest BCUT2D eigenvalue weighted by molar-refractivity contribution is 0.0637. The summed E-state index contributed by atoms with van der Waals surface area (Å²) < 4.78 is 0. The highest BCUT2D eigenvalue weighted by molar-refractivity contribution is 6.00. The average Bonchev–Trinajstić information content (AvgIpc) is 2.74. The molecule has 2 fully saturated rings. The van der Waals surface area contributed by atoms with E-state index in [0.29, 0.717) is 0 Å². The molecule has 6 nitrogen and oxygen atoms in total. The third-order valence-electron chi connectivity index (χ3n) is 5.72. The smallest absolute Gasteiger partial charge is 0.253 e. The van der Waals surface area contributed by atoms with Crippen molar-refractivity contribution < 1.29 is 4.79 Å². The van der Waals surface area contributed by atoms with Crippen LogP contribution in [0.15, 0.2) is 24.5 Å². The Morgan fingerprint density at radius 3 is 2.52 bits per heavy atom. The van der Waals surface area contributed by atoms with Gasteiger partial charge < -0.3 is 9.80 Å². The minimum atomic E-state index is 0.126. The number of benzene rings is 1. The molecule has 2 aliphatic rings. The molecule has 27 heavy (non-hydrogen) atoms. The highest BCUT2D eigenvalue weighted by Crippen LogP contribution is 2.27. The molecule has 2 aliphatic heterocycles. The molecule has 6 heteroatoms. The van der Waals surface area contributed by atoms with Crippen molar-refractivity contribution in [3.63, 3.8) is 0 Å². The van der Waals surface area contributed by atoms with E-state index in [1.807, 2.05) is 23.1 Å². The predicted octanol–water partition coefficient (Wildman–Crippen LogP) is 2.79. The number of aromatic nitrogens is 2. The number of hydrogen-bond acceptors (Lipinski definition) is 5. The van der Waals surface area contributed by atoms with Crippen LogP contribution < -0.4 is 4.90 Å². The second-order valence-corrected chi connectivity index (χ2v) is 7.61. The number of carbonyl (C=O) groups is 1. The normalized spacial score (nSPS) is 18.9. The maximum absolute atomic E-state index is 13.0. The zero-order valence-electron chi connectivity index (χ0n) is 16.2. The first-order valence-electron chi connectivity index (χ1n) is 10.3. The lowest BCUT2D eigenvalue weighted by atomic mass is 10.1.